The van der Waals surface area contributed by atoms with Crippen molar-refractivity contribution in [3.8, 4) is 11.8 Å². The lowest BCUT2D eigenvalue weighted by molar-refractivity contribution is 0.238. The number of hydrogen-bond acceptors (Lipinski definition) is 3. The van der Waals surface area contributed by atoms with Gasteiger partial charge >= 0.3 is 6.03 Å². The number of ether oxygens (including phenoxy) is 1. The van der Waals surface area contributed by atoms with E-state index < -0.39 is 0 Å². The molecule has 0 saturated carbocycles. The first-order valence-corrected chi connectivity index (χ1v) is 6.23. The molecule has 0 saturated heterocycles. The summed E-state index contributed by atoms with van der Waals surface area (Å²) < 4.78 is 5.55. The molecule has 5 heteroatoms. The van der Waals surface area contributed by atoms with Gasteiger partial charge in [-0.05, 0) is 26.8 Å². The highest BCUT2D eigenvalue weighted by Gasteiger charge is 2.14. The average Bonchev–Trinajstić information content (AvgIpc) is 2.38. The second-order valence-corrected chi connectivity index (χ2v) is 4.18. The van der Waals surface area contributed by atoms with Crippen LogP contribution in [0.1, 0.15) is 31.0 Å². The fraction of sp³-hybridized carbons (Fsp3) is 0.429. The minimum atomic E-state index is -0.363. The van der Waals surface area contributed by atoms with Crippen LogP contribution in [0.5, 0.6) is 5.75 Å². The number of amides is 2. The van der Waals surface area contributed by atoms with Gasteiger partial charge in [-0.1, -0.05) is 17.7 Å². The van der Waals surface area contributed by atoms with Crippen LogP contribution in [0, 0.1) is 18.3 Å². The van der Waals surface area contributed by atoms with Crippen LogP contribution in [0.4, 0.5) is 4.79 Å². The molecule has 0 bridgehead atoms. The van der Waals surface area contributed by atoms with E-state index in [0.717, 1.165) is 16.9 Å². The van der Waals surface area contributed by atoms with E-state index in [2.05, 4.69) is 10.6 Å². The maximum absolute atomic E-state index is 11.5. The fourth-order valence-corrected chi connectivity index (χ4v) is 1.74. The third-order valence-corrected chi connectivity index (χ3v) is 2.61. The molecule has 0 aliphatic heterocycles. The van der Waals surface area contributed by atoms with E-state index >= 15 is 0 Å². The number of rotatable bonds is 5. The van der Waals surface area contributed by atoms with Crippen molar-refractivity contribution in [2.75, 3.05) is 13.2 Å². The van der Waals surface area contributed by atoms with Gasteiger partial charge in [-0.15, -0.1) is 0 Å². The maximum atomic E-state index is 11.5. The van der Waals surface area contributed by atoms with Gasteiger partial charge in [-0.3, -0.25) is 0 Å². The highest BCUT2D eigenvalue weighted by molar-refractivity contribution is 5.74. The molecule has 1 aromatic carbocycles. The zero-order chi connectivity index (χ0) is 14.3. The quantitative estimate of drug-likeness (QED) is 0.798. The number of nitrogens with zero attached hydrogens (tertiary/aromatic N) is 1. The number of aryl methyl sites for hydroxylation is 1. The van der Waals surface area contributed by atoms with Crippen LogP contribution in [0.3, 0.4) is 0 Å². The molecule has 102 valence electrons. The van der Waals surface area contributed by atoms with Crippen molar-refractivity contribution in [1.29, 1.82) is 5.26 Å². The zero-order valence-electron chi connectivity index (χ0n) is 11.5. The molecule has 1 atom stereocenters. The van der Waals surface area contributed by atoms with Crippen LogP contribution >= 0.6 is 0 Å². The molecule has 0 radical (unpaired) electrons. The van der Waals surface area contributed by atoms with E-state index in [1.165, 1.54) is 0 Å². The second-order valence-electron chi connectivity index (χ2n) is 4.18. The minimum absolute atomic E-state index is 0.00924. The van der Waals surface area contributed by atoms with E-state index in [1.54, 1.807) is 0 Å². The molecule has 2 amide bonds. The molecular formula is C14H19N3O2. The Labute approximate surface area is 113 Å². The molecule has 0 aliphatic rings. The van der Waals surface area contributed by atoms with E-state index in [9.17, 15) is 4.79 Å². The molecule has 0 heterocycles. The molecule has 0 fully saturated rings. The van der Waals surface area contributed by atoms with Gasteiger partial charge < -0.3 is 15.4 Å². The summed E-state index contributed by atoms with van der Waals surface area (Å²) in [7, 11) is 0. The van der Waals surface area contributed by atoms with Crippen molar-refractivity contribution in [1.82, 2.24) is 10.6 Å². The Bertz CT molecular complexity index is 480. The van der Waals surface area contributed by atoms with Gasteiger partial charge in [0.05, 0.1) is 18.7 Å². The lowest BCUT2D eigenvalue weighted by Gasteiger charge is -2.18. The first-order valence-electron chi connectivity index (χ1n) is 6.23. The van der Waals surface area contributed by atoms with Crippen LogP contribution in [-0.4, -0.2) is 19.2 Å². The van der Waals surface area contributed by atoms with E-state index in [0.29, 0.717) is 6.61 Å². The standard InChI is InChI=1S/C14H19N3O2/c1-4-19-13-6-5-10(2)9-12(13)11(3)17-14(18)16-8-7-15/h5-6,9,11H,4,8H2,1-3H3,(H2,16,17,18). The predicted octanol–water partition coefficient (Wildman–Crippen LogP) is 2.28. The minimum Gasteiger partial charge on any atom is -0.494 e. The van der Waals surface area contributed by atoms with Crippen LogP contribution < -0.4 is 15.4 Å². The maximum Gasteiger partial charge on any atom is 0.316 e. The van der Waals surface area contributed by atoms with Gasteiger partial charge in [0, 0.05) is 5.56 Å². The molecular weight excluding hydrogens is 242 g/mol. The number of carbonyl (C=O) groups excluding carboxylic acids is 1. The lowest BCUT2D eigenvalue weighted by atomic mass is 10.0. The molecule has 0 aliphatic carbocycles. The first-order chi connectivity index (χ1) is 9.08. The topological polar surface area (TPSA) is 74.2 Å². The summed E-state index contributed by atoms with van der Waals surface area (Å²) in [5.41, 5.74) is 2.03. The Hall–Kier alpha value is -2.22. The summed E-state index contributed by atoms with van der Waals surface area (Å²) in [6.07, 6.45) is 0. The van der Waals surface area contributed by atoms with E-state index in [1.807, 2.05) is 45.0 Å². The van der Waals surface area contributed by atoms with Gasteiger partial charge in [0.15, 0.2) is 0 Å². The average molecular weight is 261 g/mol. The van der Waals surface area contributed by atoms with Crippen molar-refractivity contribution < 1.29 is 9.53 Å². The monoisotopic (exact) mass is 261 g/mol. The van der Waals surface area contributed by atoms with Crippen molar-refractivity contribution in [2.24, 2.45) is 0 Å². The van der Waals surface area contributed by atoms with Crippen LogP contribution in [-0.2, 0) is 0 Å². The summed E-state index contributed by atoms with van der Waals surface area (Å²) in [4.78, 5) is 11.5. The van der Waals surface area contributed by atoms with Gasteiger partial charge in [0.1, 0.15) is 12.3 Å². The molecule has 1 rings (SSSR count). The largest absolute Gasteiger partial charge is 0.494 e. The fourth-order valence-electron chi connectivity index (χ4n) is 1.74. The Kier molecular flexibility index (Phi) is 5.68. The number of carbonyl (C=O) groups is 1. The SMILES string of the molecule is CCOc1ccc(C)cc1C(C)NC(=O)NCC#N. The summed E-state index contributed by atoms with van der Waals surface area (Å²) in [5, 5.41) is 13.6. The van der Waals surface area contributed by atoms with Crippen molar-refractivity contribution >= 4 is 6.03 Å². The van der Waals surface area contributed by atoms with Crippen LogP contribution in [0.2, 0.25) is 0 Å². The van der Waals surface area contributed by atoms with Crippen molar-refractivity contribution in [3.63, 3.8) is 0 Å². The number of nitriles is 1. The smallest absolute Gasteiger partial charge is 0.316 e. The zero-order valence-corrected chi connectivity index (χ0v) is 11.5. The predicted molar refractivity (Wildman–Crippen MR) is 72.9 cm³/mol. The highest BCUT2D eigenvalue weighted by Crippen LogP contribution is 2.26. The summed E-state index contributed by atoms with van der Waals surface area (Å²) in [6, 6.07) is 7.16. The molecule has 2 N–H and O–H groups in total. The van der Waals surface area contributed by atoms with Gasteiger partial charge in [0.2, 0.25) is 0 Å². The van der Waals surface area contributed by atoms with Crippen LogP contribution in [0.25, 0.3) is 0 Å². The second kappa shape index (κ2) is 7.27. The Balaban J connectivity index is 2.80. The van der Waals surface area contributed by atoms with Gasteiger partial charge in [-0.2, -0.15) is 5.26 Å². The van der Waals surface area contributed by atoms with E-state index in [4.69, 9.17) is 10.00 Å². The molecule has 1 aromatic rings. The molecule has 0 spiro atoms. The first kappa shape index (κ1) is 14.8. The number of nitrogens with one attached hydrogen (secondary N) is 2. The summed E-state index contributed by atoms with van der Waals surface area (Å²) in [6.45, 7) is 6.35. The lowest BCUT2D eigenvalue weighted by Crippen LogP contribution is -2.37. The number of urea groups is 1. The van der Waals surface area contributed by atoms with Crippen molar-refractivity contribution in [2.45, 2.75) is 26.8 Å². The Morgan fingerprint density at radius 2 is 2.26 bits per heavy atom. The number of benzene rings is 1. The van der Waals surface area contributed by atoms with Gasteiger partial charge in [-0.25, -0.2) is 4.79 Å². The molecule has 1 unspecified atom stereocenters. The van der Waals surface area contributed by atoms with Gasteiger partial charge in [0.25, 0.3) is 0 Å². The Morgan fingerprint density at radius 1 is 1.53 bits per heavy atom. The van der Waals surface area contributed by atoms with Crippen molar-refractivity contribution in [3.05, 3.63) is 29.3 Å². The highest BCUT2D eigenvalue weighted by atomic mass is 16.5. The van der Waals surface area contributed by atoms with E-state index in [-0.39, 0.29) is 18.6 Å². The molecule has 5 nitrogen and oxygen atoms in total. The third kappa shape index (κ3) is 4.51. The Morgan fingerprint density at radius 3 is 2.89 bits per heavy atom. The normalized spacial score (nSPS) is 11.3. The number of hydrogen-bond donors (Lipinski definition) is 2. The molecule has 0 aromatic heterocycles. The third-order valence-electron chi connectivity index (χ3n) is 2.61. The molecule has 19 heavy (non-hydrogen) atoms. The summed E-state index contributed by atoms with van der Waals surface area (Å²) >= 11 is 0. The summed E-state index contributed by atoms with van der Waals surface area (Å²) in [5.74, 6) is 0.765. The van der Waals surface area contributed by atoms with Crippen LogP contribution in [0.15, 0.2) is 18.2 Å².